The van der Waals surface area contributed by atoms with Crippen molar-refractivity contribution in [3.8, 4) is 0 Å². The molecule has 0 heteroatoms. The third-order valence-electron chi connectivity index (χ3n) is 5.06. The van der Waals surface area contributed by atoms with Gasteiger partial charge in [0.2, 0.25) is 0 Å². The van der Waals surface area contributed by atoms with Crippen molar-refractivity contribution in [3.05, 3.63) is 70.3 Å². The molecule has 0 atom stereocenters. The molecule has 0 unspecified atom stereocenters. The van der Waals surface area contributed by atoms with Crippen LogP contribution in [0.2, 0.25) is 0 Å². The van der Waals surface area contributed by atoms with Gasteiger partial charge in [0, 0.05) is 5.41 Å². The van der Waals surface area contributed by atoms with E-state index in [4.69, 9.17) is 0 Å². The molecule has 23 heavy (non-hydrogen) atoms. The van der Waals surface area contributed by atoms with Gasteiger partial charge in [0.25, 0.3) is 0 Å². The van der Waals surface area contributed by atoms with Crippen molar-refractivity contribution in [1.82, 2.24) is 0 Å². The highest BCUT2D eigenvalue weighted by Crippen LogP contribution is 2.34. The number of aryl methyl sites for hydroxylation is 3. The van der Waals surface area contributed by atoms with Crippen LogP contribution in [0.5, 0.6) is 0 Å². The minimum atomic E-state index is 0.0869. The van der Waals surface area contributed by atoms with E-state index in [9.17, 15) is 0 Å². The van der Waals surface area contributed by atoms with Gasteiger partial charge in [-0.1, -0.05) is 88.6 Å². The van der Waals surface area contributed by atoms with Crippen LogP contribution in [0, 0.1) is 6.92 Å². The second kappa shape index (κ2) is 7.81. The standard InChI is InChI=1S/C19H22.C4H10/c1-14-6-4-9-17(12-14)19(2,3)18-11-10-15-7-5-8-16(15)13-18;1-3-4-2/h4,6,9-13H,5,7-8H2,1-3H3;3-4H2,1-2H3. The van der Waals surface area contributed by atoms with Gasteiger partial charge >= 0.3 is 0 Å². The first-order valence-electron chi connectivity index (χ1n) is 9.18. The largest absolute Gasteiger partial charge is 0.0654 e. The van der Waals surface area contributed by atoms with E-state index < -0.39 is 0 Å². The Labute approximate surface area is 143 Å². The minimum Gasteiger partial charge on any atom is -0.0654 e. The van der Waals surface area contributed by atoms with Crippen LogP contribution in [-0.2, 0) is 18.3 Å². The van der Waals surface area contributed by atoms with Gasteiger partial charge in [-0.3, -0.25) is 0 Å². The van der Waals surface area contributed by atoms with E-state index in [2.05, 4.69) is 77.1 Å². The molecule has 1 aliphatic carbocycles. The third-order valence-corrected chi connectivity index (χ3v) is 5.06. The van der Waals surface area contributed by atoms with Crippen LogP contribution in [0.1, 0.15) is 74.8 Å². The number of benzene rings is 2. The molecule has 3 rings (SSSR count). The lowest BCUT2D eigenvalue weighted by molar-refractivity contribution is 0.639. The van der Waals surface area contributed by atoms with Gasteiger partial charge in [-0.05, 0) is 48.4 Å². The summed E-state index contributed by atoms with van der Waals surface area (Å²) in [4.78, 5) is 0. The molecular weight excluding hydrogens is 276 g/mol. The average molecular weight is 309 g/mol. The fourth-order valence-electron chi connectivity index (χ4n) is 3.16. The smallest absolute Gasteiger partial charge is 0.0146 e. The first-order chi connectivity index (χ1) is 11.0. The maximum absolute atomic E-state index is 2.44. The molecular formula is C23H32. The molecule has 0 radical (unpaired) electrons. The van der Waals surface area contributed by atoms with Gasteiger partial charge in [-0.15, -0.1) is 0 Å². The Bertz CT molecular complexity index is 632. The molecule has 2 aromatic carbocycles. The van der Waals surface area contributed by atoms with Crippen molar-refractivity contribution >= 4 is 0 Å². The van der Waals surface area contributed by atoms with Crippen LogP contribution in [0.15, 0.2) is 42.5 Å². The van der Waals surface area contributed by atoms with Crippen molar-refractivity contribution in [2.45, 2.75) is 72.1 Å². The highest BCUT2D eigenvalue weighted by atomic mass is 14.3. The number of hydrogen-bond donors (Lipinski definition) is 0. The Balaban J connectivity index is 0.000000433. The van der Waals surface area contributed by atoms with Crippen LogP contribution in [-0.4, -0.2) is 0 Å². The highest BCUT2D eigenvalue weighted by molar-refractivity contribution is 5.44. The maximum Gasteiger partial charge on any atom is 0.0146 e. The van der Waals surface area contributed by atoms with E-state index in [1.807, 2.05) is 0 Å². The molecule has 2 aromatic rings. The molecule has 124 valence electrons. The highest BCUT2D eigenvalue weighted by Gasteiger charge is 2.24. The molecule has 1 aliphatic rings. The van der Waals surface area contributed by atoms with E-state index in [0.717, 1.165) is 0 Å². The zero-order chi connectivity index (χ0) is 16.9. The molecule has 0 spiro atoms. The number of unbranched alkanes of at least 4 members (excludes halogenated alkanes) is 1. The summed E-state index contributed by atoms with van der Waals surface area (Å²) in [6.07, 6.45) is 6.48. The first kappa shape index (κ1) is 17.8. The summed E-state index contributed by atoms with van der Waals surface area (Å²) in [5.74, 6) is 0. The van der Waals surface area contributed by atoms with Crippen LogP contribution in [0.4, 0.5) is 0 Å². The number of rotatable bonds is 3. The molecule has 0 heterocycles. The summed E-state index contributed by atoms with van der Waals surface area (Å²) in [6.45, 7) is 11.2. The molecule has 0 nitrogen and oxygen atoms in total. The van der Waals surface area contributed by atoms with Crippen molar-refractivity contribution < 1.29 is 0 Å². The van der Waals surface area contributed by atoms with E-state index in [0.29, 0.717) is 0 Å². The molecule has 0 aliphatic heterocycles. The summed E-state index contributed by atoms with van der Waals surface area (Å²) in [7, 11) is 0. The van der Waals surface area contributed by atoms with E-state index >= 15 is 0 Å². The van der Waals surface area contributed by atoms with E-state index in [-0.39, 0.29) is 5.41 Å². The van der Waals surface area contributed by atoms with Crippen LogP contribution >= 0.6 is 0 Å². The molecule has 0 saturated heterocycles. The van der Waals surface area contributed by atoms with Crippen molar-refractivity contribution in [2.75, 3.05) is 0 Å². The Kier molecular flexibility index (Phi) is 6.04. The number of hydrogen-bond acceptors (Lipinski definition) is 0. The van der Waals surface area contributed by atoms with Crippen LogP contribution < -0.4 is 0 Å². The van der Waals surface area contributed by atoms with Gasteiger partial charge < -0.3 is 0 Å². The Hall–Kier alpha value is -1.56. The van der Waals surface area contributed by atoms with E-state index in [1.54, 1.807) is 11.1 Å². The topological polar surface area (TPSA) is 0 Å². The zero-order valence-electron chi connectivity index (χ0n) is 15.6. The van der Waals surface area contributed by atoms with Gasteiger partial charge in [0.1, 0.15) is 0 Å². The summed E-state index contributed by atoms with van der Waals surface area (Å²) < 4.78 is 0. The number of fused-ring (bicyclic) bond motifs is 1. The third kappa shape index (κ3) is 4.25. The molecule has 0 aromatic heterocycles. The average Bonchev–Trinajstić information content (AvgIpc) is 3.02. The summed E-state index contributed by atoms with van der Waals surface area (Å²) in [5, 5.41) is 0. The molecule has 0 bridgehead atoms. The van der Waals surface area contributed by atoms with Gasteiger partial charge in [0.05, 0.1) is 0 Å². The predicted molar refractivity (Wildman–Crippen MR) is 102 cm³/mol. The second-order valence-corrected chi connectivity index (χ2v) is 7.33. The fraction of sp³-hybridized carbons (Fsp3) is 0.478. The monoisotopic (exact) mass is 308 g/mol. The van der Waals surface area contributed by atoms with E-state index in [1.165, 1.54) is 48.8 Å². The van der Waals surface area contributed by atoms with Crippen LogP contribution in [0.25, 0.3) is 0 Å². The fourth-order valence-corrected chi connectivity index (χ4v) is 3.16. The van der Waals surface area contributed by atoms with Crippen LogP contribution in [0.3, 0.4) is 0 Å². The first-order valence-corrected chi connectivity index (χ1v) is 9.18. The van der Waals surface area contributed by atoms with Crippen molar-refractivity contribution in [2.24, 2.45) is 0 Å². The van der Waals surface area contributed by atoms with Crippen molar-refractivity contribution in [3.63, 3.8) is 0 Å². The lowest BCUT2D eigenvalue weighted by atomic mass is 9.77. The predicted octanol–water partition coefficient (Wildman–Crippen LogP) is 6.62. The van der Waals surface area contributed by atoms with Gasteiger partial charge in [0.15, 0.2) is 0 Å². The molecule has 0 amide bonds. The SMILES string of the molecule is CCCC.Cc1cccc(C(C)(C)c2ccc3c(c2)CCC3)c1. The lowest BCUT2D eigenvalue weighted by Gasteiger charge is -2.27. The van der Waals surface area contributed by atoms with Gasteiger partial charge in [-0.25, -0.2) is 0 Å². The maximum atomic E-state index is 2.44. The quantitative estimate of drug-likeness (QED) is 0.598. The Morgan fingerprint density at radius 2 is 1.48 bits per heavy atom. The minimum absolute atomic E-state index is 0.0869. The summed E-state index contributed by atoms with van der Waals surface area (Å²) in [6, 6.07) is 16.0. The van der Waals surface area contributed by atoms with Crippen molar-refractivity contribution in [1.29, 1.82) is 0 Å². The summed E-state index contributed by atoms with van der Waals surface area (Å²) >= 11 is 0. The molecule has 0 saturated carbocycles. The second-order valence-electron chi connectivity index (χ2n) is 7.33. The Morgan fingerprint density at radius 1 is 0.826 bits per heavy atom. The zero-order valence-corrected chi connectivity index (χ0v) is 15.6. The lowest BCUT2D eigenvalue weighted by Crippen LogP contribution is -2.19. The van der Waals surface area contributed by atoms with Gasteiger partial charge in [-0.2, -0.15) is 0 Å². The summed E-state index contributed by atoms with van der Waals surface area (Å²) in [5.41, 5.74) is 7.40. The molecule has 0 fully saturated rings. The molecule has 0 N–H and O–H groups in total. The normalized spacial score (nSPS) is 13.3. The Morgan fingerprint density at radius 3 is 2.13 bits per heavy atom.